The van der Waals surface area contributed by atoms with Gasteiger partial charge in [0.05, 0.1) is 50.5 Å². The van der Waals surface area contributed by atoms with Crippen molar-refractivity contribution in [2.45, 2.75) is 0 Å². The summed E-state index contributed by atoms with van der Waals surface area (Å²) in [4.78, 5) is 24.3. The van der Waals surface area contributed by atoms with Crippen molar-refractivity contribution >= 4 is 153 Å². The van der Waals surface area contributed by atoms with Crippen LogP contribution in [0.1, 0.15) is 10.4 Å². The summed E-state index contributed by atoms with van der Waals surface area (Å²) in [5.41, 5.74) is 14.1. The van der Waals surface area contributed by atoms with E-state index < -0.39 is 0 Å². The summed E-state index contributed by atoms with van der Waals surface area (Å²) in [5.74, 6) is 2.63. The zero-order valence-corrected chi connectivity index (χ0v) is 35.5. The number of methoxy groups -OCH3 is 4. The Morgan fingerprint density at radius 2 is 1.43 bits per heavy atom. The van der Waals surface area contributed by atoms with Crippen molar-refractivity contribution in [3.63, 3.8) is 0 Å². The van der Waals surface area contributed by atoms with Gasteiger partial charge in [0.2, 0.25) is 6.41 Å². The summed E-state index contributed by atoms with van der Waals surface area (Å²) in [7, 11) is 13.2. The molecule has 0 saturated carbocycles. The van der Waals surface area contributed by atoms with Crippen LogP contribution in [0.3, 0.4) is 0 Å². The van der Waals surface area contributed by atoms with Gasteiger partial charge in [-0.3, -0.25) is 9.59 Å². The van der Waals surface area contributed by atoms with E-state index in [9.17, 15) is 4.79 Å². The van der Waals surface area contributed by atoms with Gasteiger partial charge in [0.1, 0.15) is 31.9 Å². The number of benzene rings is 2. The molecule has 0 fully saturated rings. The van der Waals surface area contributed by atoms with E-state index >= 15 is 0 Å². The molecule has 1 heterocycles. The molecule has 0 aliphatic heterocycles. The number of thiazole rings is 1. The molecule has 242 valence electrons. The predicted molar refractivity (Wildman–Crippen MR) is 212 cm³/mol. The average Bonchev–Trinajstić information content (AvgIpc) is 3.58. The van der Waals surface area contributed by atoms with Crippen LogP contribution in [0.5, 0.6) is 23.0 Å². The van der Waals surface area contributed by atoms with Gasteiger partial charge in [0.15, 0.2) is 5.78 Å². The zero-order valence-electron chi connectivity index (χ0n) is 23.3. The van der Waals surface area contributed by atoms with Crippen molar-refractivity contribution in [1.29, 1.82) is 0 Å². The summed E-state index contributed by atoms with van der Waals surface area (Å²) >= 11 is 24.7. The first-order valence-corrected chi connectivity index (χ1v) is 23.5. The molecule has 0 atom stereocenters. The van der Waals surface area contributed by atoms with E-state index in [1.807, 2.05) is 17.5 Å². The lowest BCUT2D eigenvalue weighted by molar-refractivity contribution is -0.106. The maximum Gasteiger partial charge on any atom is 0.204 e. The van der Waals surface area contributed by atoms with Crippen LogP contribution in [0.25, 0.3) is 11.3 Å². The lowest BCUT2D eigenvalue weighted by Gasteiger charge is -2.10. The molecule has 3 rings (SSSR count). The largest absolute Gasteiger partial charge is 0.495 e. The third-order valence-electron chi connectivity index (χ3n) is 4.19. The molecule has 3 aromatic rings. The number of carbonyl (C=O) groups is 2. The van der Waals surface area contributed by atoms with Gasteiger partial charge >= 0.3 is 0 Å². The number of nitrogens with zero attached hydrogens (tertiary/aromatic N) is 1. The SMILES string of the molecule is COc1cc(-c2cscn2)cc(OC)c1Br.COc1cc(C(=O)CBr)cc(OC)c1Br.NC=O.NC=S.S=PP=S=S=S=S. The Balaban J connectivity index is 0. The number of aromatic nitrogens is 1. The van der Waals surface area contributed by atoms with Gasteiger partial charge in [0.25, 0.3) is 0 Å². The minimum Gasteiger partial charge on any atom is -0.495 e. The number of thiocarbonyl (C=S) groups is 1. The molecule has 0 radical (unpaired) electrons. The highest BCUT2D eigenvalue weighted by Gasteiger charge is 2.14. The summed E-state index contributed by atoms with van der Waals surface area (Å²) in [6.45, 7) is 0. The van der Waals surface area contributed by atoms with Crippen LogP contribution >= 0.6 is 85.4 Å². The lowest BCUT2D eigenvalue weighted by Crippen LogP contribution is -2.02. The van der Waals surface area contributed by atoms with Gasteiger partial charge in [-0.25, -0.2) is 4.98 Å². The first-order valence-electron chi connectivity index (χ1n) is 10.9. The first kappa shape index (κ1) is 45.6. The second kappa shape index (κ2) is 29.8. The van der Waals surface area contributed by atoms with Crippen LogP contribution in [0, 0.1) is 0 Å². The highest BCUT2D eigenvalue weighted by atomic mass is 79.9. The average molecular weight is 967 g/mol. The zero-order chi connectivity index (χ0) is 33.9. The number of hydrogen-bond donors (Lipinski definition) is 2. The minimum absolute atomic E-state index is 0.0147. The highest BCUT2D eigenvalue weighted by molar-refractivity contribution is 9.11. The van der Waals surface area contributed by atoms with Crippen molar-refractivity contribution in [3.8, 4) is 34.3 Å². The van der Waals surface area contributed by atoms with Crippen molar-refractivity contribution in [1.82, 2.24) is 4.98 Å². The summed E-state index contributed by atoms with van der Waals surface area (Å²) < 4.78 is 22.3. The first-order chi connectivity index (χ1) is 21.1. The van der Waals surface area contributed by atoms with Gasteiger partial charge in [-0.05, 0) is 106 Å². The third-order valence-corrected chi connectivity index (χ3v) is 16.8. The molecular weight excluding hydrogens is 940 g/mol. The Labute approximate surface area is 312 Å². The molecule has 2 aromatic carbocycles. The molecule has 1 amide bonds. The van der Waals surface area contributed by atoms with E-state index in [4.69, 9.17) is 23.7 Å². The predicted octanol–water partition coefficient (Wildman–Crippen LogP) is 7.35. The molecule has 0 aliphatic rings. The minimum atomic E-state index is -0.0147. The normalized spacial score (nSPS) is 8.98. The van der Waals surface area contributed by atoms with Gasteiger partial charge in [-0.15, -0.1) is 11.3 Å². The maximum atomic E-state index is 11.5. The molecule has 0 bridgehead atoms. The summed E-state index contributed by atoms with van der Waals surface area (Å²) in [6, 6.07) is 7.22. The van der Waals surface area contributed by atoms with Crippen LogP contribution < -0.4 is 30.4 Å². The molecule has 0 aliphatic carbocycles. The number of halogens is 3. The fourth-order valence-electron chi connectivity index (χ4n) is 2.52. The lowest BCUT2D eigenvalue weighted by atomic mass is 10.1. The number of ether oxygens (including phenoxy) is 4. The van der Waals surface area contributed by atoms with Crippen LogP contribution in [-0.2, 0) is 55.0 Å². The summed E-state index contributed by atoms with van der Waals surface area (Å²) in [6.07, 6.45) is 0.250. The quantitative estimate of drug-likeness (QED) is 0.0772. The maximum absolute atomic E-state index is 11.5. The van der Waals surface area contributed by atoms with Crippen LogP contribution in [0.2, 0.25) is 0 Å². The molecular formula is C23H26Br3N3O6P2S7. The molecule has 1 aromatic heterocycles. The van der Waals surface area contributed by atoms with E-state index in [1.165, 1.54) is 15.9 Å². The van der Waals surface area contributed by atoms with Crippen molar-refractivity contribution in [2.75, 3.05) is 33.8 Å². The van der Waals surface area contributed by atoms with E-state index in [-0.39, 0.29) is 17.5 Å². The number of alkyl halides is 1. The monoisotopic (exact) mass is 963 g/mol. The molecule has 44 heavy (non-hydrogen) atoms. The van der Waals surface area contributed by atoms with Gasteiger partial charge < -0.3 is 30.4 Å². The second-order valence-corrected chi connectivity index (χ2v) is 19.3. The molecule has 0 saturated heterocycles. The molecule has 0 unspecified atom stereocenters. The van der Waals surface area contributed by atoms with Crippen LogP contribution in [0.4, 0.5) is 0 Å². The van der Waals surface area contributed by atoms with Crippen molar-refractivity contribution < 1.29 is 28.5 Å². The number of hydrogen-bond acceptors (Lipinski definition) is 11. The summed E-state index contributed by atoms with van der Waals surface area (Å²) in [5, 5.41) is 2.27. The standard InChI is InChI=1S/C11H10BrNO2S.C10H10Br2O3.CH3NO.CH3NS.P2S5/c1-14-9-3-7(8-5-16-6-13-8)4-10(15-2)11(9)12;1-14-8-3-6(7(13)5-11)4-9(15-2)10(8)12;2*2-1-3;3-1-2-5-7-6-4/h3-6H,1-2H3;3-4H,5H2,1-2H3;2*1H,(H2,2,3);. The molecule has 4 N–H and O–H groups in total. The molecule has 0 spiro atoms. The van der Waals surface area contributed by atoms with E-state index in [0.717, 1.165) is 39.8 Å². The Kier molecular flexibility index (Phi) is 30.9. The molecule has 21 heteroatoms. The van der Waals surface area contributed by atoms with Gasteiger partial charge in [-0.1, -0.05) is 28.1 Å². The van der Waals surface area contributed by atoms with E-state index in [1.54, 1.807) is 75.8 Å². The number of primary amides is 1. The van der Waals surface area contributed by atoms with Gasteiger partial charge in [-0.2, -0.15) is 0 Å². The molecule has 9 nitrogen and oxygen atoms in total. The Hall–Kier alpha value is -0.560. The van der Waals surface area contributed by atoms with Crippen LogP contribution in [0.15, 0.2) is 44.1 Å². The van der Waals surface area contributed by atoms with E-state index in [0.29, 0.717) is 21.5 Å². The number of rotatable bonds is 8. The Morgan fingerprint density at radius 1 is 1.00 bits per heavy atom. The van der Waals surface area contributed by atoms with Crippen molar-refractivity contribution in [2.24, 2.45) is 11.5 Å². The number of ketones is 1. The fourth-order valence-corrected chi connectivity index (χ4v) is 14.1. The smallest absolute Gasteiger partial charge is 0.204 e. The Morgan fingerprint density at radius 3 is 1.75 bits per heavy atom. The number of carbonyl (C=O) groups excluding carboxylic acids is 2. The topological polar surface area (TPSA) is 136 Å². The fraction of sp³-hybridized carbons (Fsp3) is 0.217. The van der Waals surface area contributed by atoms with Crippen molar-refractivity contribution in [3.05, 3.63) is 49.7 Å². The number of amides is 1. The Bertz CT molecular complexity index is 1420. The van der Waals surface area contributed by atoms with Gasteiger partial charge in [0, 0.05) is 30.6 Å². The number of Topliss-reactive ketones (excluding diaryl/α,β-unsaturated/α-hetero) is 1. The van der Waals surface area contributed by atoms with Crippen LogP contribution in [-0.4, -0.2) is 56.4 Å². The highest BCUT2D eigenvalue weighted by Crippen LogP contribution is 2.39. The number of nitrogens with two attached hydrogens (primary N) is 2. The third kappa shape index (κ3) is 18.6. The van der Waals surface area contributed by atoms with E-state index in [2.05, 4.69) is 99.5 Å². The second-order valence-electron chi connectivity index (χ2n) is 6.47.